The third-order valence-electron chi connectivity index (χ3n) is 9.69. The van der Waals surface area contributed by atoms with Crippen molar-refractivity contribution in [2.75, 3.05) is 46.4 Å². The van der Waals surface area contributed by atoms with Crippen LogP contribution >= 0.6 is 0 Å². The quantitative estimate of drug-likeness (QED) is 0.612. The molecule has 35 heavy (non-hydrogen) atoms. The minimum atomic E-state index is 0.510. The minimum absolute atomic E-state index is 0.510. The zero-order chi connectivity index (χ0) is 24.0. The van der Waals surface area contributed by atoms with Gasteiger partial charge in [-0.1, -0.05) is 44.2 Å². The molecule has 2 heterocycles. The third-order valence-corrected chi connectivity index (χ3v) is 9.69. The van der Waals surface area contributed by atoms with E-state index in [0.717, 1.165) is 18.3 Å². The summed E-state index contributed by atoms with van der Waals surface area (Å²) in [6, 6.07) is 17.2. The van der Waals surface area contributed by atoms with Crippen LogP contribution in [-0.2, 0) is 6.42 Å². The number of piperazine rings is 1. The maximum atomic E-state index is 5.52. The number of rotatable bonds is 6. The Bertz CT molecular complexity index is 1040. The van der Waals surface area contributed by atoms with Crippen molar-refractivity contribution < 1.29 is 4.74 Å². The molecule has 2 aromatic rings. The van der Waals surface area contributed by atoms with Crippen molar-refractivity contribution in [1.29, 1.82) is 0 Å². The first-order valence-electron chi connectivity index (χ1n) is 14.0. The molecule has 2 saturated heterocycles. The fourth-order valence-electron chi connectivity index (χ4n) is 7.60. The second-order valence-electron chi connectivity index (χ2n) is 12.1. The summed E-state index contributed by atoms with van der Waals surface area (Å²) >= 11 is 0. The monoisotopic (exact) mass is 473 g/mol. The number of piperidine rings is 1. The molecule has 1 N–H and O–H groups in total. The van der Waals surface area contributed by atoms with Crippen LogP contribution in [-0.4, -0.2) is 62.2 Å². The zero-order valence-electron chi connectivity index (χ0n) is 21.9. The van der Waals surface area contributed by atoms with E-state index in [1.165, 1.54) is 76.0 Å². The maximum Gasteiger partial charge on any atom is 0.119 e. The van der Waals surface area contributed by atoms with Crippen molar-refractivity contribution in [1.82, 2.24) is 15.1 Å². The number of hydrogen-bond acceptors (Lipinski definition) is 4. The van der Waals surface area contributed by atoms with Crippen LogP contribution in [0.1, 0.15) is 79.7 Å². The van der Waals surface area contributed by atoms with Gasteiger partial charge in [0.05, 0.1) is 7.11 Å². The number of benzene rings is 2. The minimum Gasteiger partial charge on any atom is -0.497 e. The molecule has 0 radical (unpaired) electrons. The molecule has 0 aromatic heterocycles. The van der Waals surface area contributed by atoms with E-state index in [-0.39, 0.29) is 0 Å². The predicted octanol–water partition coefficient (Wildman–Crippen LogP) is 5.35. The molecule has 188 valence electrons. The molecule has 4 nitrogen and oxygen atoms in total. The first kappa shape index (κ1) is 23.5. The van der Waals surface area contributed by atoms with Gasteiger partial charge in [-0.25, -0.2) is 0 Å². The SMILES string of the molecule is COc1ccc2c(c1)C(CN1CCN(C3CC4(CCNCC4)C3)[C@H](c3ccccc3C(C)C)C1)C2. The second kappa shape index (κ2) is 9.53. The smallest absolute Gasteiger partial charge is 0.119 e. The van der Waals surface area contributed by atoms with Crippen LogP contribution in [0.5, 0.6) is 5.75 Å². The van der Waals surface area contributed by atoms with E-state index in [4.69, 9.17) is 4.74 Å². The van der Waals surface area contributed by atoms with Crippen LogP contribution in [0.4, 0.5) is 0 Å². The summed E-state index contributed by atoms with van der Waals surface area (Å²) in [6.07, 6.45) is 6.78. The van der Waals surface area contributed by atoms with Gasteiger partial charge in [-0.15, -0.1) is 0 Å². The maximum absolute atomic E-state index is 5.52. The van der Waals surface area contributed by atoms with Gasteiger partial charge < -0.3 is 10.1 Å². The van der Waals surface area contributed by atoms with Crippen LogP contribution < -0.4 is 10.1 Å². The molecule has 2 aliphatic carbocycles. The Balaban J connectivity index is 1.21. The Morgan fingerprint density at radius 2 is 1.83 bits per heavy atom. The normalized spacial score (nSPS) is 26.9. The number of methoxy groups -OCH3 is 1. The van der Waals surface area contributed by atoms with Gasteiger partial charge in [0, 0.05) is 44.2 Å². The number of nitrogens with one attached hydrogen (secondary N) is 1. The number of ether oxygens (including phenoxy) is 1. The molecule has 4 heteroatoms. The number of nitrogens with zero attached hydrogens (tertiary/aromatic N) is 2. The van der Waals surface area contributed by atoms with Crippen LogP contribution in [0, 0.1) is 5.41 Å². The lowest BCUT2D eigenvalue weighted by molar-refractivity contribution is -0.0647. The fourth-order valence-corrected chi connectivity index (χ4v) is 7.60. The van der Waals surface area contributed by atoms with Crippen LogP contribution in [0.3, 0.4) is 0 Å². The van der Waals surface area contributed by atoms with Gasteiger partial charge in [-0.3, -0.25) is 9.80 Å². The summed E-state index contributed by atoms with van der Waals surface area (Å²) in [5.74, 6) is 2.21. The lowest BCUT2D eigenvalue weighted by Gasteiger charge is -2.57. The van der Waals surface area contributed by atoms with Crippen molar-refractivity contribution >= 4 is 0 Å². The van der Waals surface area contributed by atoms with E-state index >= 15 is 0 Å². The van der Waals surface area contributed by atoms with Gasteiger partial charge in [0.15, 0.2) is 0 Å². The molecule has 1 spiro atoms. The van der Waals surface area contributed by atoms with E-state index in [1.807, 2.05) is 0 Å². The van der Waals surface area contributed by atoms with Gasteiger partial charge in [0.1, 0.15) is 5.75 Å². The highest BCUT2D eigenvalue weighted by atomic mass is 16.5. The molecule has 2 atom stereocenters. The summed E-state index contributed by atoms with van der Waals surface area (Å²) in [4.78, 5) is 5.69. The molecule has 6 rings (SSSR count). The Morgan fingerprint density at radius 1 is 1.03 bits per heavy atom. The van der Waals surface area contributed by atoms with Crippen LogP contribution in [0.25, 0.3) is 0 Å². The molecule has 0 amide bonds. The van der Waals surface area contributed by atoms with Crippen molar-refractivity contribution in [2.24, 2.45) is 5.41 Å². The molecule has 3 fully saturated rings. The van der Waals surface area contributed by atoms with Gasteiger partial charge in [-0.05, 0) is 90.9 Å². The van der Waals surface area contributed by atoms with Gasteiger partial charge >= 0.3 is 0 Å². The first-order valence-corrected chi connectivity index (χ1v) is 14.0. The van der Waals surface area contributed by atoms with Gasteiger partial charge in [0.25, 0.3) is 0 Å². The van der Waals surface area contributed by atoms with Crippen LogP contribution in [0.15, 0.2) is 42.5 Å². The second-order valence-corrected chi connectivity index (χ2v) is 12.1. The summed E-state index contributed by atoms with van der Waals surface area (Å²) in [5, 5.41) is 3.58. The lowest BCUT2D eigenvalue weighted by atomic mass is 9.60. The van der Waals surface area contributed by atoms with Crippen molar-refractivity contribution in [3.05, 3.63) is 64.7 Å². The largest absolute Gasteiger partial charge is 0.497 e. The summed E-state index contributed by atoms with van der Waals surface area (Å²) in [7, 11) is 1.78. The number of hydrogen-bond donors (Lipinski definition) is 1. The van der Waals surface area contributed by atoms with Crippen molar-refractivity contribution in [3.8, 4) is 5.75 Å². The van der Waals surface area contributed by atoms with E-state index < -0.39 is 0 Å². The molecule has 0 bridgehead atoms. The topological polar surface area (TPSA) is 27.7 Å². The van der Waals surface area contributed by atoms with Crippen molar-refractivity contribution in [2.45, 2.75) is 69.9 Å². The third kappa shape index (κ3) is 4.43. The van der Waals surface area contributed by atoms with Crippen LogP contribution in [0.2, 0.25) is 0 Å². The highest BCUT2D eigenvalue weighted by Crippen LogP contribution is 2.52. The highest BCUT2D eigenvalue weighted by molar-refractivity contribution is 5.45. The summed E-state index contributed by atoms with van der Waals surface area (Å²) < 4.78 is 5.52. The van der Waals surface area contributed by atoms with E-state index in [9.17, 15) is 0 Å². The highest BCUT2D eigenvalue weighted by Gasteiger charge is 2.49. The van der Waals surface area contributed by atoms with Gasteiger partial charge in [-0.2, -0.15) is 0 Å². The molecule has 2 aliphatic heterocycles. The lowest BCUT2D eigenvalue weighted by Crippen LogP contribution is -2.60. The van der Waals surface area contributed by atoms with E-state index in [0.29, 0.717) is 23.3 Å². The Hall–Kier alpha value is -1.88. The average molecular weight is 474 g/mol. The predicted molar refractivity (Wildman–Crippen MR) is 143 cm³/mol. The molecule has 1 unspecified atom stereocenters. The van der Waals surface area contributed by atoms with Crippen molar-refractivity contribution in [3.63, 3.8) is 0 Å². The number of fused-ring (bicyclic) bond motifs is 1. The summed E-state index contributed by atoms with van der Waals surface area (Å²) in [5.41, 5.74) is 6.77. The Kier molecular flexibility index (Phi) is 6.41. The van der Waals surface area contributed by atoms with Gasteiger partial charge in [0.2, 0.25) is 0 Å². The van der Waals surface area contributed by atoms with E-state index in [2.05, 4.69) is 71.4 Å². The molecule has 1 saturated carbocycles. The fraction of sp³-hybridized carbons (Fsp3) is 0.613. The Morgan fingerprint density at radius 3 is 2.60 bits per heavy atom. The van der Waals surface area contributed by atoms with E-state index in [1.54, 1.807) is 18.2 Å². The standard InChI is InChI=1S/C31H43N3O/c1-22(2)27-6-4-5-7-28(27)30-21-33(20-24-16-23-8-9-26(35-3)17-29(23)24)14-15-34(30)25-18-31(19-25)10-12-32-13-11-31/h4-9,17,22,24-25,30,32H,10-16,18-21H2,1-3H3/t24?,30-/m0/s1. The molecule has 2 aromatic carbocycles. The zero-order valence-corrected chi connectivity index (χ0v) is 21.9. The molecular formula is C31H43N3O. The summed E-state index contributed by atoms with van der Waals surface area (Å²) in [6.45, 7) is 11.9. The average Bonchev–Trinajstić information content (AvgIpc) is 2.86. The molecule has 4 aliphatic rings. The Labute approximate surface area is 212 Å². The molecular weight excluding hydrogens is 430 g/mol. The first-order chi connectivity index (χ1) is 17.0.